The summed E-state index contributed by atoms with van der Waals surface area (Å²) in [5.74, 6) is 0. The molecule has 0 fully saturated rings. The first kappa shape index (κ1) is 9.65. The minimum Gasteiger partial charge on any atom is -0.305 e. The third-order valence-electron chi connectivity index (χ3n) is 2.21. The van der Waals surface area contributed by atoms with Gasteiger partial charge in [-0.25, -0.2) is 9.78 Å². The van der Waals surface area contributed by atoms with E-state index in [0.717, 1.165) is 11.3 Å². The van der Waals surface area contributed by atoms with Crippen LogP contribution in [0.4, 0.5) is 0 Å². The average Bonchev–Trinajstić information content (AvgIpc) is 2.16. The van der Waals surface area contributed by atoms with Gasteiger partial charge in [0.2, 0.25) is 0 Å². The summed E-state index contributed by atoms with van der Waals surface area (Å²) in [5, 5.41) is 0. The van der Waals surface area contributed by atoms with Crippen molar-refractivity contribution in [2.75, 3.05) is 0 Å². The van der Waals surface area contributed by atoms with Crippen LogP contribution >= 0.6 is 0 Å². The van der Waals surface area contributed by atoms with Crippen LogP contribution in [-0.4, -0.2) is 9.97 Å². The van der Waals surface area contributed by atoms with Gasteiger partial charge < -0.3 is 4.98 Å². The molecule has 0 saturated heterocycles. The van der Waals surface area contributed by atoms with Crippen molar-refractivity contribution in [3.63, 3.8) is 0 Å². The Morgan fingerprint density at radius 2 is 1.80 bits per heavy atom. The Morgan fingerprint density at radius 3 is 2.40 bits per heavy atom. The van der Waals surface area contributed by atoms with Crippen molar-refractivity contribution < 1.29 is 0 Å². The number of rotatable bonds is 1. The fourth-order valence-corrected chi connectivity index (χ4v) is 1.67. The number of aromatic nitrogens is 2. The van der Waals surface area contributed by atoms with Crippen LogP contribution < -0.4 is 5.69 Å². The predicted molar refractivity (Wildman–Crippen MR) is 59.8 cm³/mol. The van der Waals surface area contributed by atoms with Crippen molar-refractivity contribution in [1.82, 2.24) is 9.97 Å². The molecule has 0 bridgehead atoms. The van der Waals surface area contributed by atoms with Gasteiger partial charge in [-0.1, -0.05) is 17.2 Å². The van der Waals surface area contributed by atoms with E-state index < -0.39 is 0 Å². The van der Waals surface area contributed by atoms with E-state index in [1.807, 2.05) is 26.0 Å². The topological polar surface area (TPSA) is 45.8 Å². The maximum Gasteiger partial charge on any atom is 0.345 e. The first-order chi connectivity index (χ1) is 7.15. The largest absolute Gasteiger partial charge is 0.345 e. The van der Waals surface area contributed by atoms with E-state index in [4.69, 9.17) is 0 Å². The number of nitrogens with one attached hydrogen (secondary N) is 1. The normalized spacial score (nSPS) is 10.3. The molecule has 3 nitrogen and oxygen atoms in total. The van der Waals surface area contributed by atoms with Crippen molar-refractivity contribution >= 4 is 0 Å². The maximum absolute atomic E-state index is 11.1. The highest BCUT2D eigenvalue weighted by Gasteiger charge is 2.00. The summed E-state index contributed by atoms with van der Waals surface area (Å²) in [6.45, 7) is 4.07. The molecule has 0 saturated carbocycles. The van der Waals surface area contributed by atoms with Gasteiger partial charge in [-0.3, -0.25) is 0 Å². The molecule has 0 unspecified atom stereocenters. The highest BCUT2D eigenvalue weighted by Crippen LogP contribution is 2.18. The number of benzene rings is 1. The van der Waals surface area contributed by atoms with Crippen LogP contribution in [0.15, 0.2) is 35.3 Å². The van der Waals surface area contributed by atoms with E-state index in [1.165, 1.54) is 17.3 Å². The molecule has 1 heterocycles. The van der Waals surface area contributed by atoms with E-state index in [9.17, 15) is 4.79 Å². The minimum atomic E-state index is -0.313. The molecule has 2 rings (SSSR count). The van der Waals surface area contributed by atoms with E-state index in [1.54, 1.807) is 6.07 Å². The Bertz CT molecular complexity index is 523. The van der Waals surface area contributed by atoms with E-state index >= 15 is 0 Å². The molecule has 0 aliphatic heterocycles. The minimum absolute atomic E-state index is 0.313. The SMILES string of the molecule is Cc1cc(C)cc(-c2ccnc(=O)[nH]2)c1. The van der Waals surface area contributed by atoms with Crippen LogP contribution in [0.1, 0.15) is 11.1 Å². The first-order valence-corrected chi connectivity index (χ1v) is 4.79. The Morgan fingerprint density at radius 1 is 1.13 bits per heavy atom. The van der Waals surface area contributed by atoms with Crippen LogP contribution in [0.5, 0.6) is 0 Å². The number of H-pyrrole nitrogens is 1. The molecule has 0 spiro atoms. The molecule has 76 valence electrons. The van der Waals surface area contributed by atoms with Gasteiger partial charge >= 0.3 is 5.69 Å². The molecule has 0 aliphatic carbocycles. The van der Waals surface area contributed by atoms with Gasteiger partial charge in [0.1, 0.15) is 0 Å². The molecule has 1 N–H and O–H groups in total. The van der Waals surface area contributed by atoms with Crippen LogP contribution in [0, 0.1) is 13.8 Å². The van der Waals surface area contributed by atoms with Crippen LogP contribution in [0.2, 0.25) is 0 Å². The summed E-state index contributed by atoms with van der Waals surface area (Å²) in [6, 6.07) is 7.98. The summed E-state index contributed by atoms with van der Waals surface area (Å²) in [5.41, 5.74) is 3.88. The Kier molecular flexibility index (Phi) is 2.37. The van der Waals surface area contributed by atoms with Crippen molar-refractivity contribution in [2.24, 2.45) is 0 Å². The van der Waals surface area contributed by atoms with Crippen LogP contribution in [0.3, 0.4) is 0 Å². The maximum atomic E-state index is 11.1. The molecule has 1 aromatic carbocycles. The second-order valence-corrected chi connectivity index (χ2v) is 3.67. The fourth-order valence-electron chi connectivity index (χ4n) is 1.67. The molecular weight excluding hydrogens is 188 g/mol. The van der Waals surface area contributed by atoms with Crippen molar-refractivity contribution in [3.8, 4) is 11.3 Å². The second kappa shape index (κ2) is 3.69. The molecule has 0 amide bonds. The lowest BCUT2D eigenvalue weighted by atomic mass is 10.1. The lowest BCUT2D eigenvalue weighted by molar-refractivity contribution is 1.08. The number of nitrogens with zero attached hydrogens (tertiary/aromatic N) is 1. The summed E-state index contributed by atoms with van der Waals surface area (Å²) >= 11 is 0. The standard InChI is InChI=1S/C12H12N2O/c1-8-5-9(2)7-10(6-8)11-3-4-13-12(15)14-11/h3-7H,1-2H3,(H,13,14,15). The lowest BCUT2D eigenvalue weighted by Gasteiger charge is -2.04. The number of hydrogen-bond donors (Lipinski definition) is 1. The van der Waals surface area contributed by atoms with Gasteiger partial charge in [0, 0.05) is 6.20 Å². The zero-order chi connectivity index (χ0) is 10.8. The van der Waals surface area contributed by atoms with Gasteiger partial charge in [0.25, 0.3) is 0 Å². The average molecular weight is 200 g/mol. The molecule has 0 atom stereocenters. The quantitative estimate of drug-likeness (QED) is 0.765. The molecule has 15 heavy (non-hydrogen) atoms. The molecule has 0 radical (unpaired) electrons. The highest BCUT2D eigenvalue weighted by molar-refractivity contribution is 5.60. The summed E-state index contributed by atoms with van der Waals surface area (Å²) in [6.07, 6.45) is 1.52. The number of aromatic amines is 1. The Balaban J connectivity index is 2.58. The fraction of sp³-hybridized carbons (Fsp3) is 0.167. The van der Waals surface area contributed by atoms with Crippen molar-refractivity contribution in [3.05, 3.63) is 52.1 Å². The molecule has 3 heteroatoms. The van der Waals surface area contributed by atoms with E-state index in [2.05, 4.69) is 16.0 Å². The van der Waals surface area contributed by atoms with Gasteiger partial charge in [0.05, 0.1) is 5.69 Å². The van der Waals surface area contributed by atoms with Crippen LogP contribution in [0.25, 0.3) is 11.3 Å². The zero-order valence-corrected chi connectivity index (χ0v) is 8.74. The van der Waals surface area contributed by atoms with E-state index in [0.29, 0.717) is 0 Å². The molecule has 0 aliphatic rings. The summed E-state index contributed by atoms with van der Waals surface area (Å²) in [4.78, 5) is 17.4. The van der Waals surface area contributed by atoms with Gasteiger partial charge in [-0.15, -0.1) is 0 Å². The third kappa shape index (κ3) is 2.13. The highest BCUT2D eigenvalue weighted by atomic mass is 16.1. The molecular formula is C12H12N2O. The second-order valence-electron chi connectivity index (χ2n) is 3.67. The predicted octanol–water partition coefficient (Wildman–Crippen LogP) is 2.05. The van der Waals surface area contributed by atoms with Crippen molar-refractivity contribution in [2.45, 2.75) is 13.8 Å². The number of aryl methyl sites for hydroxylation is 2. The third-order valence-corrected chi connectivity index (χ3v) is 2.21. The number of hydrogen-bond acceptors (Lipinski definition) is 2. The van der Waals surface area contributed by atoms with Gasteiger partial charge in [-0.2, -0.15) is 0 Å². The van der Waals surface area contributed by atoms with Gasteiger partial charge in [0.15, 0.2) is 0 Å². The van der Waals surface area contributed by atoms with Gasteiger partial charge in [-0.05, 0) is 37.6 Å². The summed E-state index contributed by atoms with van der Waals surface area (Å²) < 4.78 is 0. The Labute approximate surface area is 87.8 Å². The molecule has 1 aromatic heterocycles. The zero-order valence-electron chi connectivity index (χ0n) is 8.74. The monoisotopic (exact) mass is 200 g/mol. The smallest absolute Gasteiger partial charge is 0.305 e. The lowest BCUT2D eigenvalue weighted by Crippen LogP contribution is -2.09. The Hall–Kier alpha value is -1.90. The molecule has 2 aromatic rings. The van der Waals surface area contributed by atoms with Crippen molar-refractivity contribution in [1.29, 1.82) is 0 Å². The summed E-state index contributed by atoms with van der Waals surface area (Å²) in [7, 11) is 0. The van der Waals surface area contributed by atoms with Crippen LogP contribution in [-0.2, 0) is 0 Å². The van der Waals surface area contributed by atoms with E-state index in [-0.39, 0.29) is 5.69 Å². The first-order valence-electron chi connectivity index (χ1n) is 4.79.